The van der Waals surface area contributed by atoms with Crippen LogP contribution in [-0.2, 0) is 19.4 Å². The van der Waals surface area contributed by atoms with Crippen molar-refractivity contribution in [1.82, 2.24) is 10.2 Å². The molecule has 5 heteroatoms. The van der Waals surface area contributed by atoms with Crippen LogP contribution in [0.4, 0.5) is 0 Å². The Hall–Kier alpha value is -2.76. The summed E-state index contributed by atoms with van der Waals surface area (Å²) in [6.07, 6.45) is 6.02. The second-order valence-electron chi connectivity index (χ2n) is 8.69. The summed E-state index contributed by atoms with van der Waals surface area (Å²) in [7, 11) is 3.76. The first kappa shape index (κ1) is 24.5. The molecule has 0 unspecified atom stereocenters. The molecule has 2 aromatic rings. The van der Waals surface area contributed by atoms with E-state index >= 15 is 0 Å². The minimum Gasteiger partial charge on any atom is -0.394 e. The van der Waals surface area contributed by atoms with E-state index in [0.717, 1.165) is 41.4 Å². The molecule has 0 saturated carbocycles. The number of likely N-dealkylation sites (N-methyl/N-ethyl adjacent to an activating group) is 1. The number of nitrogens with zero attached hydrogens (tertiary/aromatic N) is 1. The number of allylic oxidation sites excluding steroid dienone is 1. The highest BCUT2D eigenvalue weighted by Gasteiger charge is 2.17. The molecule has 0 aromatic heterocycles. The molecular weight excluding hydrogens is 386 g/mol. The molecule has 0 aliphatic heterocycles. The Bertz CT molecular complexity index is 925. The first-order chi connectivity index (χ1) is 14.7. The smallest absolute Gasteiger partial charge is 0.150 e. The van der Waals surface area contributed by atoms with Gasteiger partial charge in [0.05, 0.1) is 11.3 Å². The molecule has 0 aliphatic rings. The van der Waals surface area contributed by atoms with Gasteiger partial charge in [0.2, 0.25) is 0 Å². The van der Waals surface area contributed by atoms with Gasteiger partial charge in [-0.3, -0.25) is 9.69 Å². The van der Waals surface area contributed by atoms with Gasteiger partial charge in [-0.15, -0.1) is 0 Å². The SMILES string of the molecule is CCc1cc(CN(C)CC(C)(C)O)c(C=O)cc1Cc1ccc(C(=N)/C=C\NC)cc1. The van der Waals surface area contributed by atoms with Crippen LogP contribution in [0.3, 0.4) is 0 Å². The van der Waals surface area contributed by atoms with E-state index < -0.39 is 5.60 Å². The Morgan fingerprint density at radius 2 is 1.84 bits per heavy atom. The highest BCUT2D eigenvalue weighted by atomic mass is 16.3. The van der Waals surface area contributed by atoms with Crippen molar-refractivity contribution in [2.45, 2.75) is 45.8 Å². The first-order valence-electron chi connectivity index (χ1n) is 10.7. The van der Waals surface area contributed by atoms with Crippen LogP contribution in [0.2, 0.25) is 0 Å². The van der Waals surface area contributed by atoms with Crippen molar-refractivity contribution in [2.24, 2.45) is 0 Å². The van der Waals surface area contributed by atoms with Crippen LogP contribution in [0, 0.1) is 5.41 Å². The van der Waals surface area contributed by atoms with Gasteiger partial charge in [-0.1, -0.05) is 37.3 Å². The molecule has 3 N–H and O–H groups in total. The molecule has 0 radical (unpaired) electrons. The highest BCUT2D eigenvalue weighted by molar-refractivity contribution is 6.06. The summed E-state index contributed by atoms with van der Waals surface area (Å²) in [5.41, 5.74) is 5.75. The first-order valence-corrected chi connectivity index (χ1v) is 10.7. The molecule has 0 amide bonds. The van der Waals surface area contributed by atoms with E-state index in [2.05, 4.69) is 18.3 Å². The van der Waals surface area contributed by atoms with Crippen molar-refractivity contribution < 1.29 is 9.90 Å². The van der Waals surface area contributed by atoms with Gasteiger partial charge in [0.15, 0.2) is 0 Å². The number of carbonyl (C=O) groups excluding carboxylic acids is 1. The highest BCUT2D eigenvalue weighted by Crippen LogP contribution is 2.22. The molecule has 0 heterocycles. The Morgan fingerprint density at radius 1 is 1.16 bits per heavy atom. The number of aliphatic hydroxyl groups is 1. The zero-order valence-electron chi connectivity index (χ0n) is 19.3. The van der Waals surface area contributed by atoms with Gasteiger partial charge in [0.1, 0.15) is 6.29 Å². The zero-order valence-corrected chi connectivity index (χ0v) is 19.3. The van der Waals surface area contributed by atoms with Gasteiger partial charge < -0.3 is 15.8 Å². The number of hydrogen-bond donors (Lipinski definition) is 3. The molecule has 166 valence electrons. The maximum atomic E-state index is 11.8. The van der Waals surface area contributed by atoms with Crippen molar-refractivity contribution in [3.05, 3.63) is 82.1 Å². The van der Waals surface area contributed by atoms with Crippen LogP contribution in [-0.4, -0.2) is 48.2 Å². The van der Waals surface area contributed by atoms with Gasteiger partial charge in [0.25, 0.3) is 0 Å². The Kier molecular flexibility index (Phi) is 8.72. The Labute approximate surface area is 186 Å². The lowest BCUT2D eigenvalue weighted by Gasteiger charge is -2.26. The number of benzene rings is 2. The second-order valence-corrected chi connectivity index (χ2v) is 8.69. The summed E-state index contributed by atoms with van der Waals surface area (Å²) >= 11 is 0. The third-order valence-electron chi connectivity index (χ3n) is 5.14. The van der Waals surface area contributed by atoms with Crippen molar-refractivity contribution in [3.63, 3.8) is 0 Å². The Balaban J connectivity index is 2.24. The molecule has 2 aromatic carbocycles. The molecule has 0 fully saturated rings. The van der Waals surface area contributed by atoms with E-state index in [0.29, 0.717) is 24.4 Å². The maximum absolute atomic E-state index is 11.8. The average Bonchev–Trinajstić information content (AvgIpc) is 2.71. The fourth-order valence-corrected chi connectivity index (χ4v) is 3.79. The van der Waals surface area contributed by atoms with E-state index in [1.807, 2.05) is 49.3 Å². The number of nitrogens with one attached hydrogen (secondary N) is 2. The van der Waals surface area contributed by atoms with E-state index in [9.17, 15) is 9.90 Å². The van der Waals surface area contributed by atoms with Crippen molar-refractivity contribution in [2.75, 3.05) is 20.6 Å². The van der Waals surface area contributed by atoms with E-state index in [1.54, 1.807) is 26.1 Å². The molecule has 0 atom stereocenters. The number of rotatable bonds is 11. The summed E-state index contributed by atoms with van der Waals surface area (Å²) < 4.78 is 0. The lowest BCUT2D eigenvalue weighted by atomic mass is 9.92. The summed E-state index contributed by atoms with van der Waals surface area (Å²) in [5, 5.41) is 21.1. The van der Waals surface area contributed by atoms with Gasteiger partial charge in [-0.05, 0) is 79.9 Å². The summed E-state index contributed by atoms with van der Waals surface area (Å²) in [4.78, 5) is 13.8. The van der Waals surface area contributed by atoms with Crippen LogP contribution in [0.15, 0.2) is 48.7 Å². The van der Waals surface area contributed by atoms with Crippen molar-refractivity contribution in [3.8, 4) is 0 Å². The molecule has 0 bridgehead atoms. The summed E-state index contributed by atoms with van der Waals surface area (Å²) in [6, 6.07) is 12.1. The zero-order chi connectivity index (χ0) is 23.0. The largest absolute Gasteiger partial charge is 0.394 e. The van der Waals surface area contributed by atoms with E-state index in [4.69, 9.17) is 5.41 Å². The number of carbonyl (C=O) groups is 1. The van der Waals surface area contributed by atoms with Gasteiger partial charge in [-0.25, -0.2) is 0 Å². The number of hydrogen-bond acceptors (Lipinski definition) is 5. The van der Waals surface area contributed by atoms with Crippen LogP contribution in [0.25, 0.3) is 0 Å². The Morgan fingerprint density at radius 3 is 2.39 bits per heavy atom. The molecule has 0 spiro atoms. The summed E-state index contributed by atoms with van der Waals surface area (Å²) in [6.45, 7) is 6.84. The van der Waals surface area contributed by atoms with Gasteiger partial charge >= 0.3 is 0 Å². The van der Waals surface area contributed by atoms with Crippen LogP contribution < -0.4 is 5.32 Å². The average molecular weight is 422 g/mol. The summed E-state index contributed by atoms with van der Waals surface area (Å²) in [5.74, 6) is 0. The fourth-order valence-electron chi connectivity index (χ4n) is 3.79. The number of aldehydes is 1. The second kappa shape index (κ2) is 11.0. The quantitative estimate of drug-likeness (QED) is 0.379. The minimum atomic E-state index is -0.783. The van der Waals surface area contributed by atoms with Crippen LogP contribution in [0.5, 0.6) is 0 Å². The molecule has 0 aliphatic carbocycles. The monoisotopic (exact) mass is 421 g/mol. The van der Waals surface area contributed by atoms with Gasteiger partial charge in [-0.2, -0.15) is 0 Å². The van der Waals surface area contributed by atoms with Crippen molar-refractivity contribution in [1.29, 1.82) is 5.41 Å². The van der Waals surface area contributed by atoms with Crippen molar-refractivity contribution >= 4 is 12.0 Å². The normalized spacial score (nSPS) is 11.8. The maximum Gasteiger partial charge on any atom is 0.150 e. The predicted octanol–water partition coefficient (Wildman–Crippen LogP) is 3.96. The standard InChI is InChI=1S/C26H35N3O2/c1-6-20-14-23(16-29(5)18-26(2,3)31)24(17-30)15-22(20)13-19-7-9-21(10-8-19)25(27)11-12-28-4/h7-12,14-15,17,27-28,31H,6,13,16,18H2,1-5H3/b12-11-,27-25?. The topological polar surface area (TPSA) is 76.4 Å². The fraction of sp³-hybridized carbons (Fsp3) is 0.385. The van der Waals surface area contributed by atoms with Gasteiger partial charge in [0, 0.05) is 25.7 Å². The lowest BCUT2D eigenvalue weighted by molar-refractivity contribution is 0.0424. The predicted molar refractivity (Wildman–Crippen MR) is 128 cm³/mol. The third-order valence-corrected chi connectivity index (χ3v) is 5.14. The van der Waals surface area contributed by atoms with E-state index in [1.165, 1.54) is 5.56 Å². The molecule has 5 nitrogen and oxygen atoms in total. The molecular formula is C26H35N3O2. The number of aryl methyl sites for hydroxylation is 1. The third kappa shape index (κ3) is 7.46. The molecule has 31 heavy (non-hydrogen) atoms. The van der Waals surface area contributed by atoms with Crippen LogP contribution in [0.1, 0.15) is 58.9 Å². The van der Waals surface area contributed by atoms with Crippen LogP contribution >= 0.6 is 0 Å². The molecule has 2 rings (SSSR count). The molecule has 0 saturated heterocycles. The van der Waals surface area contributed by atoms with E-state index in [-0.39, 0.29) is 0 Å². The minimum absolute atomic E-state index is 0.456. The lowest BCUT2D eigenvalue weighted by Crippen LogP contribution is -2.36.